The quantitative estimate of drug-likeness (QED) is 0.629. The van der Waals surface area contributed by atoms with Crippen LogP contribution in [0.3, 0.4) is 0 Å². The largest absolute Gasteiger partial charge is 0.353 e. The summed E-state index contributed by atoms with van der Waals surface area (Å²) in [5.41, 5.74) is 5.80. The van der Waals surface area contributed by atoms with E-state index in [9.17, 15) is 9.59 Å². The third kappa shape index (κ3) is 2.04. The molecule has 2 aliphatic rings. The lowest BCUT2D eigenvalue weighted by Gasteiger charge is -2.34. The van der Waals surface area contributed by atoms with Gasteiger partial charge in [0.2, 0.25) is 11.8 Å². The van der Waals surface area contributed by atoms with Gasteiger partial charge in [-0.3, -0.25) is 9.59 Å². The molecule has 0 bridgehead atoms. The summed E-state index contributed by atoms with van der Waals surface area (Å²) in [5, 5.41) is 2.76. The standard InChI is InChI=1S/C11H19N3O2/c1-7-10(15)13-4-5-14(7)11(16)8-2-3-9(12)6-8/h7-9H,2-6,12H2,1H3,(H,13,15). The first-order valence-electron chi connectivity index (χ1n) is 5.93. The Morgan fingerprint density at radius 2 is 2.25 bits per heavy atom. The Morgan fingerprint density at radius 1 is 1.50 bits per heavy atom. The Morgan fingerprint density at radius 3 is 2.88 bits per heavy atom. The molecule has 1 saturated heterocycles. The molecule has 5 heteroatoms. The first kappa shape index (κ1) is 11.4. The Bertz CT molecular complexity index is 306. The zero-order valence-electron chi connectivity index (χ0n) is 9.61. The molecule has 3 atom stereocenters. The van der Waals surface area contributed by atoms with Crippen molar-refractivity contribution in [1.82, 2.24) is 10.2 Å². The van der Waals surface area contributed by atoms with Gasteiger partial charge < -0.3 is 16.0 Å². The Kier molecular flexibility index (Phi) is 3.14. The second-order valence-corrected chi connectivity index (χ2v) is 4.77. The summed E-state index contributed by atoms with van der Waals surface area (Å²) in [4.78, 5) is 25.3. The molecular weight excluding hydrogens is 206 g/mol. The predicted octanol–water partition coefficient (Wildman–Crippen LogP) is -0.539. The Hall–Kier alpha value is -1.10. The minimum absolute atomic E-state index is 0.0309. The monoisotopic (exact) mass is 225 g/mol. The molecule has 90 valence electrons. The predicted molar refractivity (Wildman–Crippen MR) is 59.5 cm³/mol. The summed E-state index contributed by atoms with van der Waals surface area (Å²) in [6.45, 7) is 2.96. The topological polar surface area (TPSA) is 75.4 Å². The van der Waals surface area contributed by atoms with Crippen molar-refractivity contribution in [3.8, 4) is 0 Å². The fraction of sp³-hybridized carbons (Fsp3) is 0.818. The van der Waals surface area contributed by atoms with Crippen LogP contribution in [0.4, 0.5) is 0 Å². The lowest BCUT2D eigenvalue weighted by Crippen LogP contribution is -2.57. The van der Waals surface area contributed by atoms with E-state index in [-0.39, 0.29) is 29.8 Å². The fourth-order valence-corrected chi connectivity index (χ4v) is 2.56. The lowest BCUT2D eigenvalue weighted by molar-refractivity contribution is -0.145. The van der Waals surface area contributed by atoms with Crippen LogP contribution >= 0.6 is 0 Å². The van der Waals surface area contributed by atoms with E-state index in [0.29, 0.717) is 13.1 Å². The van der Waals surface area contributed by atoms with Crippen molar-refractivity contribution in [3.63, 3.8) is 0 Å². The first-order valence-corrected chi connectivity index (χ1v) is 5.93. The fourth-order valence-electron chi connectivity index (χ4n) is 2.56. The van der Waals surface area contributed by atoms with Gasteiger partial charge in [-0.25, -0.2) is 0 Å². The second kappa shape index (κ2) is 4.41. The molecule has 2 fully saturated rings. The number of piperazine rings is 1. The van der Waals surface area contributed by atoms with Gasteiger partial charge in [0.1, 0.15) is 6.04 Å². The van der Waals surface area contributed by atoms with E-state index in [4.69, 9.17) is 5.73 Å². The number of carbonyl (C=O) groups is 2. The van der Waals surface area contributed by atoms with Gasteiger partial charge in [-0.1, -0.05) is 0 Å². The number of nitrogens with zero attached hydrogens (tertiary/aromatic N) is 1. The average Bonchev–Trinajstić information content (AvgIpc) is 2.68. The summed E-state index contributed by atoms with van der Waals surface area (Å²) < 4.78 is 0. The van der Waals surface area contributed by atoms with Crippen molar-refractivity contribution >= 4 is 11.8 Å². The van der Waals surface area contributed by atoms with E-state index in [0.717, 1.165) is 19.3 Å². The summed E-state index contributed by atoms with van der Waals surface area (Å²) in [5.74, 6) is 0.0838. The minimum Gasteiger partial charge on any atom is -0.353 e. The highest BCUT2D eigenvalue weighted by Gasteiger charge is 2.36. The molecule has 16 heavy (non-hydrogen) atoms. The number of hydrogen-bond acceptors (Lipinski definition) is 3. The van der Waals surface area contributed by atoms with Crippen molar-refractivity contribution in [2.75, 3.05) is 13.1 Å². The van der Waals surface area contributed by atoms with E-state index < -0.39 is 0 Å². The number of amides is 2. The molecule has 1 heterocycles. The SMILES string of the molecule is CC1C(=O)NCCN1C(=O)C1CCC(N)C1. The van der Waals surface area contributed by atoms with Crippen LogP contribution in [-0.2, 0) is 9.59 Å². The molecule has 3 unspecified atom stereocenters. The van der Waals surface area contributed by atoms with Crippen LogP contribution in [0.1, 0.15) is 26.2 Å². The molecular formula is C11H19N3O2. The van der Waals surface area contributed by atoms with E-state index in [2.05, 4.69) is 5.32 Å². The van der Waals surface area contributed by atoms with Crippen molar-refractivity contribution in [2.24, 2.45) is 11.7 Å². The molecule has 1 aliphatic carbocycles. The van der Waals surface area contributed by atoms with Crippen LogP contribution < -0.4 is 11.1 Å². The molecule has 5 nitrogen and oxygen atoms in total. The van der Waals surface area contributed by atoms with Gasteiger partial charge in [0.05, 0.1) is 0 Å². The van der Waals surface area contributed by atoms with Crippen LogP contribution in [0.15, 0.2) is 0 Å². The van der Waals surface area contributed by atoms with Gasteiger partial charge >= 0.3 is 0 Å². The first-order chi connectivity index (χ1) is 7.59. The van der Waals surface area contributed by atoms with Gasteiger partial charge in [-0.15, -0.1) is 0 Å². The van der Waals surface area contributed by atoms with Crippen LogP contribution in [0.25, 0.3) is 0 Å². The zero-order valence-corrected chi connectivity index (χ0v) is 9.61. The summed E-state index contributed by atoms with van der Waals surface area (Å²) in [6, 6.07) is -0.180. The van der Waals surface area contributed by atoms with Crippen molar-refractivity contribution in [3.05, 3.63) is 0 Å². The molecule has 0 aromatic heterocycles. The van der Waals surface area contributed by atoms with Crippen LogP contribution in [-0.4, -0.2) is 41.9 Å². The number of carbonyl (C=O) groups excluding carboxylic acids is 2. The maximum absolute atomic E-state index is 12.2. The molecule has 3 N–H and O–H groups in total. The highest BCUT2D eigenvalue weighted by atomic mass is 16.2. The average molecular weight is 225 g/mol. The van der Waals surface area contributed by atoms with E-state index >= 15 is 0 Å². The highest BCUT2D eigenvalue weighted by molar-refractivity contribution is 5.89. The van der Waals surface area contributed by atoms with Gasteiger partial charge in [0, 0.05) is 25.0 Å². The Labute approximate surface area is 95.3 Å². The molecule has 1 saturated carbocycles. The van der Waals surface area contributed by atoms with Crippen LogP contribution in [0.5, 0.6) is 0 Å². The lowest BCUT2D eigenvalue weighted by atomic mass is 10.0. The molecule has 2 amide bonds. The van der Waals surface area contributed by atoms with Crippen molar-refractivity contribution < 1.29 is 9.59 Å². The van der Waals surface area contributed by atoms with Crippen LogP contribution in [0.2, 0.25) is 0 Å². The molecule has 0 spiro atoms. The summed E-state index contributed by atoms with van der Waals surface area (Å²) in [6.07, 6.45) is 2.55. The molecule has 1 aliphatic heterocycles. The molecule has 2 rings (SSSR count). The summed E-state index contributed by atoms with van der Waals surface area (Å²) in [7, 11) is 0. The minimum atomic E-state index is -0.335. The van der Waals surface area contributed by atoms with E-state index in [1.807, 2.05) is 0 Å². The molecule has 0 aromatic rings. The maximum atomic E-state index is 12.2. The Balaban J connectivity index is 2.01. The van der Waals surface area contributed by atoms with Gasteiger partial charge in [-0.2, -0.15) is 0 Å². The van der Waals surface area contributed by atoms with Gasteiger partial charge in [0.25, 0.3) is 0 Å². The van der Waals surface area contributed by atoms with Crippen molar-refractivity contribution in [2.45, 2.75) is 38.3 Å². The number of hydrogen-bond donors (Lipinski definition) is 2. The van der Waals surface area contributed by atoms with Crippen LogP contribution in [0, 0.1) is 5.92 Å². The number of rotatable bonds is 1. The second-order valence-electron chi connectivity index (χ2n) is 4.77. The smallest absolute Gasteiger partial charge is 0.242 e. The third-order valence-electron chi connectivity index (χ3n) is 3.60. The van der Waals surface area contributed by atoms with E-state index in [1.54, 1.807) is 11.8 Å². The maximum Gasteiger partial charge on any atom is 0.242 e. The van der Waals surface area contributed by atoms with Crippen molar-refractivity contribution in [1.29, 1.82) is 0 Å². The van der Waals surface area contributed by atoms with Gasteiger partial charge in [-0.05, 0) is 26.2 Å². The highest BCUT2D eigenvalue weighted by Crippen LogP contribution is 2.26. The van der Waals surface area contributed by atoms with E-state index in [1.165, 1.54) is 0 Å². The molecule has 0 radical (unpaired) electrons. The van der Waals surface area contributed by atoms with Gasteiger partial charge in [0.15, 0.2) is 0 Å². The summed E-state index contributed by atoms with van der Waals surface area (Å²) >= 11 is 0. The normalized spacial score (nSPS) is 35.0. The third-order valence-corrected chi connectivity index (χ3v) is 3.60. The zero-order chi connectivity index (χ0) is 11.7. The molecule has 0 aromatic carbocycles. The number of nitrogens with two attached hydrogens (primary N) is 1. The number of nitrogens with one attached hydrogen (secondary N) is 1.